The van der Waals surface area contributed by atoms with Gasteiger partial charge in [-0.2, -0.15) is 5.10 Å². The highest BCUT2D eigenvalue weighted by molar-refractivity contribution is 5.83. The third-order valence-electron chi connectivity index (χ3n) is 4.42. The molecule has 0 aliphatic heterocycles. The number of methoxy groups -OCH3 is 1. The molecule has 27 heavy (non-hydrogen) atoms. The smallest absolute Gasteiger partial charge is 0.161 e. The second-order valence-electron chi connectivity index (χ2n) is 6.71. The van der Waals surface area contributed by atoms with Crippen molar-refractivity contribution in [1.29, 1.82) is 0 Å². The average molecular weight is 365 g/mol. The number of Topliss-reactive ketones (excluding diaryl/α,β-unsaturated/α-hetero) is 1. The molecule has 3 rings (SSSR count). The van der Waals surface area contributed by atoms with Crippen LogP contribution in [0.1, 0.15) is 26.5 Å². The second kappa shape index (κ2) is 7.72. The van der Waals surface area contributed by atoms with Crippen LogP contribution in [0.3, 0.4) is 0 Å². The Balaban J connectivity index is 2.00. The van der Waals surface area contributed by atoms with E-state index >= 15 is 0 Å². The minimum absolute atomic E-state index is 0.0281. The number of rotatable bonds is 7. The molecule has 3 aromatic rings. The molecule has 1 aromatic carbocycles. The highest BCUT2D eigenvalue weighted by Gasteiger charge is 2.25. The van der Waals surface area contributed by atoms with Gasteiger partial charge in [-0.05, 0) is 51.1 Å². The molecule has 0 amide bonds. The van der Waals surface area contributed by atoms with E-state index < -0.39 is 5.60 Å². The number of nitrogens with zero attached hydrogens (tertiary/aromatic N) is 3. The summed E-state index contributed by atoms with van der Waals surface area (Å²) in [6, 6.07) is 15.4. The van der Waals surface area contributed by atoms with Crippen molar-refractivity contribution in [2.75, 3.05) is 7.11 Å². The van der Waals surface area contributed by atoms with E-state index in [1.54, 1.807) is 31.8 Å². The van der Waals surface area contributed by atoms with E-state index in [2.05, 4.69) is 10.1 Å². The number of ketones is 1. The van der Waals surface area contributed by atoms with E-state index in [-0.39, 0.29) is 12.4 Å². The number of hydrogen-bond donors (Lipinski definition) is 0. The van der Waals surface area contributed by atoms with Gasteiger partial charge in [0.05, 0.1) is 25.1 Å². The van der Waals surface area contributed by atoms with Gasteiger partial charge in [-0.1, -0.05) is 18.2 Å². The lowest BCUT2D eigenvalue weighted by molar-refractivity contribution is -0.139. The van der Waals surface area contributed by atoms with Crippen LogP contribution in [0.5, 0.6) is 5.75 Å². The molecule has 0 atom stereocenters. The highest BCUT2D eigenvalue weighted by atomic mass is 16.5. The Bertz CT molecular complexity index is 933. The van der Waals surface area contributed by atoms with Gasteiger partial charge in [-0.15, -0.1) is 0 Å². The molecule has 6 nitrogen and oxygen atoms in total. The molecule has 0 fully saturated rings. The fraction of sp³-hybridized carbons (Fsp3) is 0.286. The van der Waals surface area contributed by atoms with Crippen molar-refractivity contribution in [3.63, 3.8) is 0 Å². The third kappa shape index (κ3) is 4.23. The number of ether oxygens (including phenoxy) is 2. The fourth-order valence-corrected chi connectivity index (χ4v) is 2.50. The predicted molar refractivity (Wildman–Crippen MR) is 103 cm³/mol. The monoisotopic (exact) mass is 365 g/mol. The van der Waals surface area contributed by atoms with Crippen LogP contribution in [0.25, 0.3) is 17.1 Å². The quantitative estimate of drug-likeness (QED) is 0.637. The lowest BCUT2D eigenvalue weighted by Crippen LogP contribution is -2.32. The average Bonchev–Trinajstić information content (AvgIpc) is 3.11. The van der Waals surface area contributed by atoms with Gasteiger partial charge in [0.25, 0.3) is 0 Å². The van der Waals surface area contributed by atoms with Crippen molar-refractivity contribution in [1.82, 2.24) is 14.8 Å². The molecule has 2 aromatic heterocycles. The van der Waals surface area contributed by atoms with Crippen molar-refractivity contribution in [3.05, 3.63) is 60.4 Å². The van der Waals surface area contributed by atoms with Crippen molar-refractivity contribution < 1.29 is 14.3 Å². The van der Waals surface area contributed by atoms with Gasteiger partial charge in [0, 0.05) is 11.8 Å². The first kappa shape index (κ1) is 18.8. The number of hydrogen-bond acceptors (Lipinski definition) is 5. The van der Waals surface area contributed by atoms with Crippen molar-refractivity contribution in [2.24, 2.45) is 0 Å². The third-order valence-corrected chi connectivity index (χ3v) is 4.42. The van der Waals surface area contributed by atoms with Gasteiger partial charge in [0.2, 0.25) is 0 Å². The van der Waals surface area contributed by atoms with Crippen LogP contribution in [0, 0.1) is 0 Å². The Kier molecular flexibility index (Phi) is 5.37. The topological polar surface area (TPSA) is 66.2 Å². The van der Waals surface area contributed by atoms with Crippen LogP contribution in [0.2, 0.25) is 0 Å². The maximum atomic E-state index is 11.7. The molecule has 0 N–H and O–H groups in total. The summed E-state index contributed by atoms with van der Waals surface area (Å²) >= 11 is 0. The zero-order valence-electron chi connectivity index (χ0n) is 16.0. The van der Waals surface area contributed by atoms with Gasteiger partial charge >= 0.3 is 0 Å². The number of carbonyl (C=O) groups is 1. The predicted octanol–water partition coefficient (Wildman–Crippen LogP) is 3.83. The van der Waals surface area contributed by atoms with E-state index in [1.807, 2.05) is 48.5 Å². The van der Waals surface area contributed by atoms with E-state index in [4.69, 9.17) is 9.47 Å². The first-order valence-electron chi connectivity index (χ1n) is 8.70. The standard InChI is InChI=1S/C21H23N3O3/c1-15(25)21(2,3)27-14-17-13-19(16-8-7-9-18(12-16)26-4)24(23-17)20-10-5-6-11-22-20/h5-13H,14H2,1-4H3. The maximum Gasteiger partial charge on any atom is 0.161 e. The van der Waals surface area contributed by atoms with Crippen LogP contribution < -0.4 is 4.74 Å². The zero-order valence-corrected chi connectivity index (χ0v) is 16.0. The molecule has 0 saturated heterocycles. The van der Waals surface area contributed by atoms with Crippen molar-refractivity contribution >= 4 is 5.78 Å². The van der Waals surface area contributed by atoms with Gasteiger partial charge in [0.15, 0.2) is 11.6 Å². The summed E-state index contributed by atoms with van der Waals surface area (Å²) in [5.41, 5.74) is 1.68. The van der Waals surface area contributed by atoms with Crippen molar-refractivity contribution in [2.45, 2.75) is 33.0 Å². The molecule has 0 radical (unpaired) electrons. The molecule has 6 heteroatoms. The molecule has 0 unspecified atom stereocenters. The van der Waals surface area contributed by atoms with Gasteiger partial charge in [-0.3, -0.25) is 4.79 Å². The normalized spacial score (nSPS) is 11.4. The fourth-order valence-electron chi connectivity index (χ4n) is 2.50. The van der Waals surface area contributed by atoms with Crippen LogP contribution in [-0.4, -0.2) is 33.3 Å². The molecule has 0 aliphatic rings. The first-order valence-corrected chi connectivity index (χ1v) is 8.70. The summed E-state index contributed by atoms with van der Waals surface area (Å²) in [5, 5.41) is 4.65. The second-order valence-corrected chi connectivity index (χ2v) is 6.71. The summed E-state index contributed by atoms with van der Waals surface area (Å²) in [7, 11) is 1.64. The van der Waals surface area contributed by atoms with E-state index in [0.717, 1.165) is 17.0 Å². The van der Waals surface area contributed by atoms with Crippen LogP contribution >= 0.6 is 0 Å². The van der Waals surface area contributed by atoms with Crippen LogP contribution in [-0.2, 0) is 16.1 Å². The number of aromatic nitrogens is 3. The minimum atomic E-state index is -0.856. The van der Waals surface area contributed by atoms with Gasteiger partial charge in [-0.25, -0.2) is 9.67 Å². The van der Waals surface area contributed by atoms with E-state index in [1.165, 1.54) is 6.92 Å². The Morgan fingerprint density at radius 2 is 1.96 bits per heavy atom. The van der Waals surface area contributed by atoms with E-state index in [0.29, 0.717) is 11.5 Å². The highest BCUT2D eigenvalue weighted by Crippen LogP contribution is 2.27. The summed E-state index contributed by atoms with van der Waals surface area (Å²) in [4.78, 5) is 16.1. The summed E-state index contributed by atoms with van der Waals surface area (Å²) < 4.78 is 12.9. The Hall–Kier alpha value is -2.99. The zero-order chi connectivity index (χ0) is 19.4. The largest absolute Gasteiger partial charge is 0.497 e. The summed E-state index contributed by atoms with van der Waals surface area (Å²) in [6.45, 7) is 5.26. The van der Waals surface area contributed by atoms with Crippen molar-refractivity contribution in [3.8, 4) is 22.8 Å². The van der Waals surface area contributed by atoms with Crippen LogP contribution in [0.4, 0.5) is 0 Å². The van der Waals surface area contributed by atoms with E-state index in [9.17, 15) is 4.79 Å². The minimum Gasteiger partial charge on any atom is -0.497 e. The lowest BCUT2D eigenvalue weighted by Gasteiger charge is -2.21. The summed E-state index contributed by atoms with van der Waals surface area (Å²) in [5.74, 6) is 1.43. The molecule has 0 aliphatic carbocycles. The Labute approximate surface area is 158 Å². The molecule has 0 saturated carbocycles. The molecule has 0 spiro atoms. The van der Waals surface area contributed by atoms with Gasteiger partial charge in [0.1, 0.15) is 11.4 Å². The van der Waals surface area contributed by atoms with Crippen LogP contribution in [0.15, 0.2) is 54.7 Å². The number of carbonyl (C=O) groups excluding carboxylic acids is 1. The number of benzene rings is 1. The molecule has 2 heterocycles. The molecule has 0 bridgehead atoms. The Morgan fingerprint density at radius 3 is 2.63 bits per heavy atom. The molecular formula is C21H23N3O3. The first-order chi connectivity index (χ1) is 12.9. The lowest BCUT2D eigenvalue weighted by atomic mass is 10.1. The molecular weight excluding hydrogens is 342 g/mol. The molecule has 140 valence electrons. The number of pyridine rings is 1. The summed E-state index contributed by atoms with van der Waals surface area (Å²) in [6.07, 6.45) is 1.72. The maximum absolute atomic E-state index is 11.7. The van der Waals surface area contributed by atoms with Gasteiger partial charge < -0.3 is 9.47 Å². The Morgan fingerprint density at radius 1 is 1.15 bits per heavy atom. The SMILES string of the molecule is COc1cccc(-c2cc(COC(C)(C)C(C)=O)nn2-c2ccccn2)c1.